The van der Waals surface area contributed by atoms with E-state index < -0.39 is 0 Å². The lowest BCUT2D eigenvalue weighted by molar-refractivity contribution is -0.0433. The maximum atomic E-state index is 5.71. The summed E-state index contributed by atoms with van der Waals surface area (Å²) in [6, 6.07) is 1.94. The smallest absolute Gasteiger partial charge is 0.129 e. The van der Waals surface area contributed by atoms with Crippen molar-refractivity contribution in [3.8, 4) is 0 Å². The molecular weight excluding hydrogens is 194 g/mol. The molecule has 0 spiro atoms. The van der Waals surface area contributed by atoms with Crippen LogP contribution in [0.3, 0.4) is 0 Å². The number of rotatable bonds is 4. The Bertz CT molecular complexity index is 292. The molecule has 0 aliphatic carbocycles. The van der Waals surface area contributed by atoms with Gasteiger partial charge in [-0.3, -0.25) is 0 Å². The maximum absolute atomic E-state index is 5.71. The summed E-state index contributed by atoms with van der Waals surface area (Å²) in [6.07, 6.45) is 3.95. The van der Waals surface area contributed by atoms with Gasteiger partial charge in [0.2, 0.25) is 0 Å². The van der Waals surface area contributed by atoms with Gasteiger partial charge in [0.05, 0.1) is 12.4 Å². The van der Waals surface area contributed by atoms with Gasteiger partial charge in [0.15, 0.2) is 0 Å². The molecule has 4 nitrogen and oxygen atoms in total. The molecule has 0 atom stereocenters. The van der Waals surface area contributed by atoms with Gasteiger partial charge in [0.1, 0.15) is 12.4 Å². The Hall–Kier alpha value is -0.840. The van der Waals surface area contributed by atoms with Crippen LogP contribution >= 0.6 is 0 Å². The Kier molecular flexibility index (Phi) is 3.77. The fourth-order valence-electron chi connectivity index (χ4n) is 1.65. The first-order valence-corrected chi connectivity index (χ1v) is 5.34. The Morgan fingerprint density at radius 3 is 2.87 bits per heavy atom. The largest absolute Gasteiger partial charge is 0.467 e. The molecule has 4 heteroatoms. The number of nitrogens with two attached hydrogens (primary N) is 1. The molecule has 2 heterocycles. The van der Waals surface area contributed by atoms with Gasteiger partial charge >= 0.3 is 0 Å². The van der Waals surface area contributed by atoms with Gasteiger partial charge in [-0.1, -0.05) is 0 Å². The van der Waals surface area contributed by atoms with Crippen LogP contribution in [0.1, 0.15) is 24.2 Å². The Balaban J connectivity index is 1.76. The summed E-state index contributed by atoms with van der Waals surface area (Å²) >= 11 is 0. The lowest BCUT2D eigenvalue weighted by Crippen LogP contribution is -2.23. The summed E-state index contributed by atoms with van der Waals surface area (Å²) < 4.78 is 16.3. The number of hydrogen-bond acceptors (Lipinski definition) is 4. The van der Waals surface area contributed by atoms with Crippen LogP contribution in [-0.2, 0) is 22.6 Å². The van der Waals surface area contributed by atoms with E-state index in [-0.39, 0.29) is 0 Å². The van der Waals surface area contributed by atoms with E-state index in [2.05, 4.69) is 0 Å². The molecule has 2 rings (SSSR count). The minimum Gasteiger partial charge on any atom is -0.467 e. The SMILES string of the molecule is NCc1coc(COC2CCOCC2)c1. The molecule has 84 valence electrons. The molecule has 1 fully saturated rings. The van der Waals surface area contributed by atoms with E-state index in [1.165, 1.54) is 0 Å². The van der Waals surface area contributed by atoms with Gasteiger partial charge in [-0.2, -0.15) is 0 Å². The van der Waals surface area contributed by atoms with Gasteiger partial charge in [0.25, 0.3) is 0 Å². The van der Waals surface area contributed by atoms with Gasteiger partial charge in [-0.15, -0.1) is 0 Å². The topological polar surface area (TPSA) is 57.6 Å². The van der Waals surface area contributed by atoms with Crippen molar-refractivity contribution >= 4 is 0 Å². The molecule has 0 bridgehead atoms. The molecule has 0 saturated carbocycles. The zero-order chi connectivity index (χ0) is 10.5. The summed E-state index contributed by atoms with van der Waals surface area (Å²) in [5.41, 5.74) is 6.50. The Morgan fingerprint density at radius 1 is 1.40 bits per heavy atom. The third-order valence-corrected chi connectivity index (χ3v) is 2.57. The van der Waals surface area contributed by atoms with Crippen molar-refractivity contribution in [2.75, 3.05) is 13.2 Å². The minimum absolute atomic E-state index is 0.310. The van der Waals surface area contributed by atoms with Crippen molar-refractivity contribution in [2.45, 2.75) is 32.1 Å². The molecule has 1 saturated heterocycles. The van der Waals surface area contributed by atoms with Crippen LogP contribution in [0, 0.1) is 0 Å². The second kappa shape index (κ2) is 5.30. The highest BCUT2D eigenvalue weighted by molar-refractivity contribution is 5.11. The fourth-order valence-corrected chi connectivity index (χ4v) is 1.65. The molecule has 1 aliphatic rings. The fraction of sp³-hybridized carbons (Fsp3) is 0.636. The van der Waals surface area contributed by atoms with Gasteiger partial charge in [-0.25, -0.2) is 0 Å². The molecule has 1 aromatic heterocycles. The summed E-state index contributed by atoms with van der Waals surface area (Å²) in [5.74, 6) is 0.849. The van der Waals surface area contributed by atoms with E-state index in [9.17, 15) is 0 Å². The lowest BCUT2D eigenvalue weighted by Gasteiger charge is -2.21. The average Bonchev–Trinajstić information content (AvgIpc) is 2.76. The zero-order valence-electron chi connectivity index (χ0n) is 8.78. The van der Waals surface area contributed by atoms with E-state index in [4.69, 9.17) is 19.6 Å². The molecule has 0 aromatic carbocycles. The van der Waals surface area contributed by atoms with E-state index in [1.54, 1.807) is 6.26 Å². The van der Waals surface area contributed by atoms with Crippen LogP contribution in [0.4, 0.5) is 0 Å². The van der Waals surface area contributed by atoms with Crippen molar-refractivity contribution in [1.82, 2.24) is 0 Å². The third kappa shape index (κ3) is 3.06. The predicted octanol–water partition coefficient (Wildman–Crippen LogP) is 1.43. The van der Waals surface area contributed by atoms with E-state index >= 15 is 0 Å². The van der Waals surface area contributed by atoms with Crippen molar-refractivity contribution < 1.29 is 13.9 Å². The monoisotopic (exact) mass is 211 g/mol. The molecule has 15 heavy (non-hydrogen) atoms. The van der Waals surface area contributed by atoms with Crippen molar-refractivity contribution in [1.29, 1.82) is 0 Å². The minimum atomic E-state index is 0.310. The second-order valence-electron chi connectivity index (χ2n) is 3.75. The third-order valence-electron chi connectivity index (χ3n) is 2.57. The van der Waals surface area contributed by atoms with E-state index in [0.29, 0.717) is 19.3 Å². The molecule has 1 aromatic rings. The van der Waals surface area contributed by atoms with Crippen LogP contribution in [0.2, 0.25) is 0 Å². The second-order valence-corrected chi connectivity index (χ2v) is 3.75. The van der Waals surface area contributed by atoms with E-state index in [0.717, 1.165) is 37.4 Å². The van der Waals surface area contributed by atoms with E-state index in [1.807, 2.05) is 6.07 Å². The Morgan fingerprint density at radius 2 is 2.20 bits per heavy atom. The van der Waals surface area contributed by atoms with Crippen molar-refractivity contribution in [2.24, 2.45) is 5.73 Å². The molecule has 0 radical (unpaired) electrons. The highest BCUT2D eigenvalue weighted by Crippen LogP contribution is 2.14. The molecule has 0 unspecified atom stereocenters. The highest BCUT2D eigenvalue weighted by Gasteiger charge is 2.14. The van der Waals surface area contributed by atoms with Crippen LogP contribution in [0.15, 0.2) is 16.7 Å². The summed E-state index contributed by atoms with van der Waals surface area (Å²) in [4.78, 5) is 0. The normalized spacial score (nSPS) is 18.2. The first kappa shape index (κ1) is 10.7. The number of ether oxygens (including phenoxy) is 2. The predicted molar refractivity (Wildman–Crippen MR) is 55.2 cm³/mol. The highest BCUT2D eigenvalue weighted by atomic mass is 16.5. The molecule has 2 N–H and O–H groups in total. The molecule has 0 amide bonds. The number of hydrogen-bond donors (Lipinski definition) is 1. The van der Waals surface area contributed by atoms with Crippen LogP contribution in [-0.4, -0.2) is 19.3 Å². The average molecular weight is 211 g/mol. The summed E-state index contributed by atoms with van der Waals surface area (Å²) in [5, 5.41) is 0. The number of furan rings is 1. The Labute approximate surface area is 89.3 Å². The maximum Gasteiger partial charge on any atom is 0.129 e. The van der Waals surface area contributed by atoms with Crippen molar-refractivity contribution in [3.63, 3.8) is 0 Å². The van der Waals surface area contributed by atoms with Gasteiger partial charge < -0.3 is 19.6 Å². The quantitative estimate of drug-likeness (QED) is 0.818. The van der Waals surface area contributed by atoms with Crippen LogP contribution in [0.5, 0.6) is 0 Å². The summed E-state index contributed by atoms with van der Waals surface area (Å²) in [7, 11) is 0. The molecular formula is C11H17NO3. The van der Waals surface area contributed by atoms with Gasteiger partial charge in [0, 0.05) is 25.3 Å². The van der Waals surface area contributed by atoms with Crippen LogP contribution < -0.4 is 5.73 Å². The first-order chi connectivity index (χ1) is 7.38. The lowest BCUT2D eigenvalue weighted by atomic mass is 10.1. The van der Waals surface area contributed by atoms with Gasteiger partial charge in [-0.05, 0) is 18.9 Å². The molecule has 1 aliphatic heterocycles. The summed E-state index contributed by atoms with van der Waals surface area (Å²) in [6.45, 7) is 2.65. The van der Waals surface area contributed by atoms with Crippen LogP contribution in [0.25, 0.3) is 0 Å². The zero-order valence-corrected chi connectivity index (χ0v) is 8.78. The standard InChI is InChI=1S/C11H17NO3/c12-6-9-5-11(14-7-9)8-15-10-1-3-13-4-2-10/h5,7,10H,1-4,6,8,12H2. The van der Waals surface area contributed by atoms with Crippen molar-refractivity contribution in [3.05, 3.63) is 23.7 Å². The first-order valence-electron chi connectivity index (χ1n) is 5.34.